The van der Waals surface area contributed by atoms with E-state index in [4.69, 9.17) is 4.84 Å². The fourth-order valence-electron chi connectivity index (χ4n) is 5.50. The molecule has 2 aliphatic rings. The Morgan fingerprint density at radius 3 is 2.38 bits per heavy atom. The third kappa shape index (κ3) is 3.48. The number of nitrogens with one attached hydrogen (secondary N) is 1. The van der Waals surface area contributed by atoms with Gasteiger partial charge < -0.3 is 10.2 Å². The zero-order valence-electron chi connectivity index (χ0n) is 20.1. The van der Waals surface area contributed by atoms with Crippen LogP contribution >= 0.6 is 0 Å². The first-order valence-electron chi connectivity index (χ1n) is 11.3. The van der Waals surface area contributed by atoms with Crippen molar-refractivity contribution in [3.05, 3.63) is 69.3 Å². The normalized spacial score (nSPS) is 25.9. The number of anilines is 1. The topological polar surface area (TPSA) is 111 Å². The van der Waals surface area contributed by atoms with Crippen molar-refractivity contribution in [3.63, 3.8) is 0 Å². The smallest absolute Gasteiger partial charge is 0.325 e. The molecule has 0 saturated heterocycles. The molecule has 2 aromatic rings. The predicted molar refractivity (Wildman–Crippen MR) is 129 cm³/mol. The van der Waals surface area contributed by atoms with Crippen LogP contribution < -0.4 is 5.32 Å². The van der Waals surface area contributed by atoms with Gasteiger partial charge in [-0.25, -0.2) is 4.79 Å². The summed E-state index contributed by atoms with van der Waals surface area (Å²) < 4.78 is 0. The molecule has 4 rings (SSSR count). The fraction of sp³-hybridized carbons (Fsp3) is 0.423. The van der Waals surface area contributed by atoms with Gasteiger partial charge in [-0.15, -0.1) is 0 Å². The van der Waals surface area contributed by atoms with Gasteiger partial charge in [-0.3, -0.25) is 14.9 Å². The Balaban J connectivity index is 1.57. The maximum absolute atomic E-state index is 13.7. The zero-order chi connectivity index (χ0) is 24.9. The standard InChI is InChI=1S/C26H29N3O5/c1-16-6-7-17(2)20(14-16)27-23(31)26-13-12-25(5,24(26,3)4)21(15-26)28-34-22(30)18-8-10-19(11-9-18)29(32)33/h6-11,14H,12-13,15H2,1-5H3,(H,27,31)/b28-21-. The Hall–Kier alpha value is -3.55. The van der Waals surface area contributed by atoms with Gasteiger partial charge in [0.25, 0.3) is 5.69 Å². The van der Waals surface area contributed by atoms with E-state index in [9.17, 15) is 19.7 Å². The van der Waals surface area contributed by atoms with Gasteiger partial charge in [-0.05, 0) is 61.4 Å². The summed E-state index contributed by atoms with van der Waals surface area (Å²) in [6.45, 7) is 10.2. The van der Waals surface area contributed by atoms with Crippen LogP contribution in [0, 0.1) is 40.2 Å². The lowest BCUT2D eigenvalue weighted by Crippen LogP contribution is -2.43. The Morgan fingerprint density at radius 2 is 1.74 bits per heavy atom. The first kappa shape index (κ1) is 23.6. The molecule has 0 aliphatic heterocycles. The highest BCUT2D eigenvalue weighted by atomic mass is 16.7. The number of carbonyl (C=O) groups is 2. The Bertz CT molecular complexity index is 1220. The maximum atomic E-state index is 13.7. The average molecular weight is 464 g/mol. The van der Waals surface area contributed by atoms with Crippen LogP contribution in [0.15, 0.2) is 47.6 Å². The van der Waals surface area contributed by atoms with Crippen LogP contribution in [0.25, 0.3) is 0 Å². The number of benzene rings is 2. The summed E-state index contributed by atoms with van der Waals surface area (Å²) in [5, 5.41) is 18.2. The number of nitro benzene ring substituents is 1. The van der Waals surface area contributed by atoms with Crippen molar-refractivity contribution < 1.29 is 19.3 Å². The van der Waals surface area contributed by atoms with Gasteiger partial charge in [0.1, 0.15) is 0 Å². The molecule has 8 nitrogen and oxygen atoms in total. The fourth-order valence-corrected chi connectivity index (χ4v) is 5.50. The first-order valence-corrected chi connectivity index (χ1v) is 11.3. The summed E-state index contributed by atoms with van der Waals surface area (Å²) in [7, 11) is 0. The number of nitro groups is 1. The van der Waals surface area contributed by atoms with Crippen molar-refractivity contribution in [1.29, 1.82) is 0 Å². The van der Waals surface area contributed by atoms with Crippen LogP contribution in [0.3, 0.4) is 0 Å². The summed E-state index contributed by atoms with van der Waals surface area (Å²) in [4.78, 5) is 41.7. The Labute approximate surface area is 198 Å². The molecule has 0 spiro atoms. The SMILES string of the molecule is Cc1ccc(C)c(NC(=O)C23CCC(C)(/C(=N\OC(=O)c4ccc([N+](=O)[O-])cc4)C2)C3(C)C)c1. The molecule has 2 bridgehead atoms. The molecule has 2 fully saturated rings. The number of hydrogen-bond acceptors (Lipinski definition) is 6. The van der Waals surface area contributed by atoms with Crippen molar-refractivity contribution in [2.75, 3.05) is 5.32 Å². The molecule has 2 saturated carbocycles. The van der Waals surface area contributed by atoms with Crippen LogP contribution in [0.4, 0.5) is 11.4 Å². The third-order valence-corrected chi connectivity index (χ3v) is 8.36. The molecule has 178 valence electrons. The number of oxime groups is 1. The number of carbonyl (C=O) groups excluding carboxylic acids is 2. The van der Waals surface area contributed by atoms with E-state index in [1.54, 1.807) is 0 Å². The third-order valence-electron chi connectivity index (χ3n) is 8.36. The lowest BCUT2D eigenvalue weighted by Gasteiger charge is -2.39. The number of aryl methyl sites for hydroxylation is 2. The summed E-state index contributed by atoms with van der Waals surface area (Å²) >= 11 is 0. The van der Waals surface area contributed by atoms with Crippen molar-refractivity contribution in [2.24, 2.45) is 21.4 Å². The minimum absolute atomic E-state index is 0.0400. The highest BCUT2D eigenvalue weighted by Crippen LogP contribution is 2.71. The number of hydrogen-bond donors (Lipinski definition) is 1. The number of rotatable bonds is 5. The van der Waals surface area contributed by atoms with E-state index in [2.05, 4.69) is 31.2 Å². The first-order chi connectivity index (χ1) is 15.9. The van der Waals surface area contributed by atoms with Gasteiger partial charge in [0.2, 0.25) is 5.91 Å². The van der Waals surface area contributed by atoms with Gasteiger partial charge in [-0.1, -0.05) is 38.1 Å². The van der Waals surface area contributed by atoms with Gasteiger partial charge in [0, 0.05) is 29.7 Å². The van der Waals surface area contributed by atoms with E-state index in [0.29, 0.717) is 12.1 Å². The van der Waals surface area contributed by atoms with Crippen molar-refractivity contribution in [1.82, 2.24) is 0 Å². The predicted octanol–water partition coefficient (Wildman–Crippen LogP) is 5.58. The van der Waals surface area contributed by atoms with Gasteiger partial charge in [-0.2, -0.15) is 0 Å². The molecular weight excluding hydrogens is 434 g/mol. The number of non-ortho nitro benzene ring substituents is 1. The Kier molecular flexibility index (Phi) is 5.58. The minimum atomic E-state index is -0.694. The molecule has 2 aliphatic carbocycles. The zero-order valence-corrected chi connectivity index (χ0v) is 20.1. The lowest BCUT2D eigenvalue weighted by molar-refractivity contribution is -0.384. The van der Waals surface area contributed by atoms with E-state index < -0.39 is 27.1 Å². The molecule has 0 aromatic heterocycles. The highest BCUT2D eigenvalue weighted by molar-refractivity contribution is 6.06. The number of nitrogens with zero attached hydrogens (tertiary/aromatic N) is 2. The lowest BCUT2D eigenvalue weighted by atomic mass is 9.64. The van der Waals surface area contributed by atoms with Crippen molar-refractivity contribution in [3.8, 4) is 0 Å². The van der Waals surface area contributed by atoms with Crippen LogP contribution in [0.1, 0.15) is 61.5 Å². The monoisotopic (exact) mass is 463 g/mol. The molecule has 2 atom stereocenters. The maximum Gasteiger partial charge on any atom is 0.365 e. The molecule has 0 heterocycles. The molecule has 2 aromatic carbocycles. The Morgan fingerprint density at radius 1 is 1.06 bits per heavy atom. The van der Waals surface area contributed by atoms with Crippen LogP contribution in [0.2, 0.25) is 0 Å². The quantitative estimate of drug-likeness (QED) is 0.353. The van der Waals surface area contributed by atoms with Crippen LogP contribution in [0.5, 0.6) is 0 Å². The van der Waals surface area contributed by atoms with E-state index in [1.165, 1.54) is 24.3 Å². The van der Waals surface area contributed by atoms with E-state index in [0.717, 1.165) is 29.7 Å². The van der Waals surface area contributed by atoms with E-state index >= 15 is 0 Å². The van der Waals surface area contributed by atoms with Gasteiger partial charge in [0.05, 0.1) is 21.6 Å². The molecule has 8 heteroatoms. The number of fused-ring (bicyclic) bond motifs is 2. The van der Waals surface area contributed by atoms with E-state index in [1.807, 2.05) is 32.0 Å². The average Bonchev–Trinajstić information content (AvgIpc) is 3.10. The molecule has 1 N–H and O–H groups in total. The minimum Gasteiger partial charge on any atom is -0.325 e. The summed E-state index contributed by atoms with van der Waals surface area (Å²) in [6, 6.07) is 11.2. The summed E-state index contributed by atoms with van der Waals surface area (Å²) in [5.41, 5.74) is 2.15. The summed E-state index contributed by atoms with van der Waals surface area (Å²) in [6.07, 6.45) is 1.89. The molecule has 0 radical (unpaired) electrons. The molecular formula is C26H29N3O5. The van der Waals surface area contributed by atoms with E-state index in [-0.39, 0.29) is 17.2 Å². The second kappa shape index (κ2) is 8.04. The summed E-state index contributed by atoms with van der Waals surface area (Å²) in [5.74, 6) is -0.734. The molecule has 2 unspecified atom stereocenters. The second-order valence-electron chi connectivity index (χ2n) is 10.2. The van der Waals surface area contributed by atoms with Crippen molar-refractivity contribution in [2.45, 2.75) is 53.9 Å². The largest absolute Gasteiger partial charge is 0.365 e. The van der Waals surface area contributed by atoms with Gasteiger partial charge >= 0.3 is 5.97 Å². The molecule has 34 heavy (non-hydrogen) atoms. The van der Waals surface area contributed by atoms with Gasteiger partial charge in [0.15, 0.2) is 0 Å². The highest BCUT2D eigenvalue weighted by Gasteiger charge is 2.71. The second-order valence-corrected chi connectivity index (χ2v) is 10.2. The van der Waals surface area contributed by atoms with Crippen LogP contribution in [-0.4, -0.2) is 22.5 Å². The number of amides is 1. The van der Waals surface area contributed by atoms with Crippen LogP contribution in [-0.2, 0) is 9.63 Å². The molecule has 1 amide bonds. The van der Waals surface area contributed by atoms with Crippen molar-refractivity contribution >= 4 is 29.0 Å².